The molecule has 0 bridgehead atoms. The third kappa shape index (κ3) is 3.85. The maximum Gasteiger partial charge on any atom is 0.238 e. The molecular formula is C18H15ClN6O2S. The van der Waals surface area contributed by atoms with Crippen LogP contribution in [0.2, 0.25) is 5.02 Å². The van der Waals surface area contributed by atoms with Gasteiger partial charge in [-0.3, -0.25) is 9.59 Å². The number of fused-ring (bicyclic) bond motifs is 1. The first-order valence-electron chi connectivity index (χ1n) is 8.39. The fourth-order valence-electron chi connectivity index (χ4n) is 2.85. The number of carbonyl (C=O) groups excluding carboxylic acids is 2. The van der Waals surface area contributed by atoms with Crippen molar-refractivity contribution in [3.8, 4) is 11.4 Å². The number of halogens is 1. The normalized spacial score (nSPS) is 15.6. The quantitative estimate of drug-likeness (QED) is 0.680. The maximum absolute atomic E-state index is 12.5. The molecule has 1 aliphatic heterocycles. The monoisotopic (exact) mass is 414 g/mol. The van der Waals surface area contributed by atoms with Crippen LogP contribution < -0.4 is 10.6 Å². The summed E-state index contributed by atoms with van der Waals surface area (Å²) in [6.45, 7) is 0. The van der Waals surface area contributed by atoms with E-state index in [4.69, 9.17) is 11.6 Å². The molecule has 3 aromatic rings. The van der Waals surface area contributed by atoms with E-state index in [0.29, 0.717) is 22.2 Å². The van der Waals surface area contributed by atoms with Crippen LogP contribution in [-0.2, 0) is 16.6 Å². The Morgan fingerprint density at radius 3 is 2.96 bits per heavy atom. The van der Waals surface area contributed by atoms with Crippen LogP contribution in [0.5, 0.6) is 0 Å². The second-order valence-electron chi connectivity index (χ2n) is 6.20. The Hall–Kier alpha value is -2.91. The molecule has 10 heteroatoms. The van der Waals surface area contributed by atoms with Gasteiger partial charge in [-0.1, -0.05) is 23.7 Å². The number of amides is 2. The summed E-state index contributed by atoms with van der Waals surface area (Å²) in [6.07, 6.45) is 0.0499. The van der Waals surface area contributed by atoms with E-state index in [9.17, 15) is 9.59 Å². The van der Waals surface area contributed by atoms with Gasteiger partial charge in [0.15, 0.2) is 5.82 Å². The minimum absolute atomic E-state index is 0.0499. The highest BCUT2D eigenvalue weighted by molar-refractivity contribution is 8.01. The summed E-state index contributed by atoms with van der Waals surface area (Å²) in [4.78, 5) is 25.7. The average Bonchev–Trinajstić information content (AvgIpc) is 3.09. The number of carbonyl (C=O) groups is 2. The SMILES string of the molecule is Cn1nnnc1-c1cccc(NC(=O)CC2Sc3ccc(Cl)cc3NC2=O)c1. The van der Waals surface area contributed by atoms with Gasteiger partial charge in [-0.25, -0.2) is 4.68 Å². The molecule has 4 rings (SSSR count). The predicted octanol–water partition coefficient (Wildman–Crippen LogP) is 2.97. The second kappa shape index (κ2) is 7.61. The number of aromatic nitrogens is 4. The van der Waals surface area contributed by atoms with Crippen LogP contribution in [0.1, 0.15) is 6.42 Å². The van der Waals surface area contributed by atoms with Crippen LogP contribution in [0, 0.1) is 0 Å². The summed E-state index contributed by atoms with van der Waals surface area (Å²) in [5.41, 5.74) is 2.06. The lowest BCUT2D eigenvalue weighted by atomic mass is 10.2. The molecule has 0 saturated heterocycles. The molecule has 0 radical (unpaired) electrons. The van der Waals surface area contributed by atoms with E-state index < -0.39 is 5.25 Å². The fraction of sp³-hybridized carbons (Fsp3) is 0.167. The molecule has 1 atom stereocenters. The number of tetrazole rings is 1. The van der Waals surface area contributed by atoms with Crippen LogP contribution >= 0.6 is 23.4 Å². The highest BCUT2D eigenvalue weighted by Gasteiger charge is 2.29. The van der Waals surface area contributed by atoms with E-state index in [1.54, 1.807) is 36.0 Å². The Kier molecular flexibility index (Phi) is 5.01. The highest BCUT2D eigenvalue weighted by atomic mass is 35.5. The standard InChI is InChI=1S/C18H15ClN6O2S/c1-25-17(22-23-24-25)10-3-2-4-12(7-10)20-16(26)9-15-18(27)21-13-8-11(19)5-6-14(13)28-15/h2-8,15H,9H2,1H3,(H,20,26)(H,21,27). The van der Waals surface area contributed by atoms with Crippen molar-refractivity contribution in [1.82, 2.24) is 20.2 Å². The van der Waals surface area contributed by atoms with Gasteiger partial charge in [-0.05, 0) is 40.8 Å². The Morgan fingerprint density at radius 1 is 1.32 bits per heavy atom. The van der Waals surface area contributed by atoms with Gasteiger partial charge in [0, 0.05) is 34.6 Å². The van der Waals surface area contributed by atoms with E-state index in [0.717, 1.165) is 10.5 Å². The van der Waals surface area contributed by atoms with Crippen molar-refractivity contribution in [2.45, 2.75) is 16.6 Å². The first kappa shape index (κ1) is 18.5. The molecule has 0 spiro atoms. The number of nitrogens with one attached hydrogen (secondary N) is 2. The molecule has 0 aliphatic carbocycles. The summed E-state index contributed by atoms with van der Waals surface area (Å²) in [5, 5.41) is 17.1. The van der Waals surface area contributed by atoms with E-state index in [1.807, 2.05) is 18.2 Å². The number of hydrogen-bond donors (Lipinski definition) is 2. The zero-order valence-electron chi connectivity index (χ0n) is 14.7. The van der Waals surface area contributed by atoms with E-state index in [1.165, 1.54) is 11.8 Å². The highest BCUT2D eigenvalue weighted by Crippen LogP contribution is 2.38. The van der Waals surface area contributed by atoms with Crippen LogP contribution in [-0.4, -0.2) is 37.3 Å². The zero-order valence-corrected chi connectivity index (χ0v) is 16.3. The van der Waals surface area contributed by atoms with Crippen LogP contribution in [0.25, 0.3) is 11.4 Å². The van der Waals surface area contributed by atoms with Gasteiger partial charge >= 0.3 is 0 Å². The van der Waals surface area contributed by atoms with Crippen molar-refractivity contribution >= 4 is 46.6 Å². The van der Waals surface area contributed by atoms with Gasteiger partial charge in [-0.15, -0.1) is 16.9 Å². The van der Waals surface area contributed by atoms with E-state index in [-0.39, 0.29) is 18.2 Å². The summed E-state index contributed by atoms with van der Waals surface area (Å²) >= 11 is 7.31. The van der Waals surface area contributed by atoms with Crippen molar-refractivity contribution in [1.29, 1.82) is 0 Å². The number of benzene rings is 2. The number of rotatable bonds is 4. The molecule has 1 aromatic heterocycles. The van der Waals surface area contributed by atoms with Gasteiger partial charge in [0.2, 0.25) is 11.8 Å². The van der Waals surface area contributed by atoms with Gasteiger partial charge in [-0.2, -0.15) is 0 Å². The Labute approximate surface area is 169 Å². The summed E-state index contributed by atoms with van der Waals surface area (Å²) in [6, 6.07) is 12.5. The Bertz CT molecular complexity index is 1070. The van der Waals surface area contributed by atoms with Crippen LogP contribution in [0.15, 0.2) is 47.4 Å². The molecule has 2 N–H and O–H groups in total. The summed E-state index contributed by atoms with van der Waals surface area (Å²) in [7, 11) is 1.74. The molecule has 8 nitrogen and oxygen atoms in total. The van der Waals surface area contributed by atoms with Gasteiger partial charge in [0.25, 0.3) is 0 Å². The molecule has 2 amide bonds. The first-order valence-corrected chi connectivity index (χ1v) is 9.65. The third-order valence-electron chi connectivity index (χ3n) is 4.16. The van der Waals surface area contributed by atoms with Crippen molar-refractivity contribution in [2.75, 3.05) is 10.6 Å². The topological polar surface area (TPSA) is 102 Å². The maximum atomic E-state index is 12.5. The molecule has 142 valence electrons. The first-order chi connectivity index (χ1) is 13.5. The molecule has 2 heterocycles. The number of hydrogen-bond acceptors (Lipinski definition) is 6. The summed E-state index contributed by atoms with van der Waals surface area (Å²) < 4.78 is 1.55. The largest absolute Gasteiger partial charge is 0.326 e. The zero-order chi connectivity index (χ0) is 19.7. The molecule has 2 aromatic carbocycles. The number of anilines is 2. The van der Waals surface area contributed by atoms with Crippen molar-refractivity contribution < 1.29 is 9.59 Å². The molecule has 0 fully saturated rings. The second-order valence-corrected chi connectivity index (χ2v) is 7.88. The summed E-state index contributed by atoms with van der Waals surface area (Å²) in [5.74, 6) is 0.126. The van der Waals surface area contributed by atoms with Crippen LogP contribution in [0.4, 0.5) is 11.4 Å². The predicted molar refractivity (Wildman–Crippen MR) is 107 cm³/mol. The number of nitrogens with zero attached hydrogens (tertiary/aromatic N) is 4. The average molecular weight is 415 g/mol. The molecular weight excluding hydrogens is 400 g/mol. The molecule has 0 saturated carbocycles. The lowest BCUT2D eigenvalue weighted by Gasteiger charge is -2.23. The molecule has 1 aliphatic rings. The van der Waals surface area contributed by atoms with Gasteiger partial charge in [0.05, 0.1) is 10.9 Å². The number of thioether (sulfide) groups is 1. The Balaban J connectivity index is 1.44. The lowest BCUT2D eigenvalue weighted by Crippen LogP contribution is -2.32. The molecule has 28 heavy (non-hydrogen) atoms. The Morgan fingerprint density at radius 2 is 2.18 bits per heavy atom. The van der Waals surface area contributed by atoms with Gasteiger partial charge < -0.3 is 10.6 Å². The minimum atomic E-state index is -0.514. The van der Waals surface area contributed by atoms with Crippen molar-refractivity contribution in [2.24, 2.45) is 7.05 Å². The van der Waals surface area contributed by atoms with Crippen molar-refractivity contribution in [3.05, 3.63) is 47.5 Å². The third-order valence-corrected chi connectivity index (χ3v) is 5.67. The lowest BCUT2D eigenvalue weighted by molar-refractivity contribution is -0.120. The fourth-order valence-corrected chi connectivity index (χ4v) is 4.11. The van der Waals surface area contributed by atoms with Gasteiger partial charge in [0.1, 0.15) is 0 Å². The van der Waals surface area contributed by atoms with E-state index in [2.05, 4.69) is 26.2 Å². The smallest absolute Gasteiger partial charge is 0.238 e. The number of aryl methyl sites for hydroxylation is 1. The van der Waals surface area contributed by atoms with Crippen molar-refractivity contribution in [3.63, 3.8) is 0 Å². The van der Waals surface area contributed by atoms with Crippen LogP contribution in [0.3, 0.4) is 0 Å². The minimum Gasteiger partial charge on any atom is -0.326 e. The molecule has 1 unspecified atom stereocenters. The van der Waals surface area contributed by atoms with E-state index >= 15 is 0 Å².